The number of amides is 4. The Bertz CT molecular complexity index is 2430. The lowest BCUT2D eigenvalue weighted by atomic mass is 9.85. The number of ketones is 3. The SMILES string of the molecule is CC(C)C(=O)C(CCCCCNC(=O)C(CCCCNC(=O)CCCCO[C@@H]1OC(CO)[C@H](O)[C@H](O)C1C)CC(=O)CCCCO[C@@H]1OC(CO)[C@H](O)[C@H](O)C1C)CC(=O)C(CCCCNC(=O)CCCCO[C@@H]1OC(CO)[C@H](O)[C@H](O)C1C)NC(=O)CCCCO[C@@H]1OC(CO)[C@H](O)[C@H](O)C1C. The lowest BCUT2D eigenvalue weighted by Crippen LogP contribution is -2.55. The number of carbonyl (C=O) groups is 7. The van der Waals surface area contributed by atoms with Crippen molar-refractivity contribution in [3.63, 3.8) is 0 Å². The Kier molecular flexibility index (Phi) is 44.3. The Morgan fingerprint density at radius 3 is 1.08 bits per heavy atom. The van der Waals surface area contributed by atoms with Crippen LogP contribution in [0.25, 0.3) is 0 Å². The molecule has 4 amide bonds. The highest BCUT2D eigenvalue weighted by molar-refractivity contribution is 5.93. The van der Waals surface area contributed by atoms with Crippen molar-refractivity contribution in [3.8, 4) is 0 Å². The zero-order valence-electron chi connectivity index (χ0n) is 61.6. The van der Waals surface area contributed by atoms with Crippen LogP contribution >= 0.6 is 0 Å². The summed E-state index contributed by atoms with van der Waals surface area (Å²) < 4.78 is 45.6. The minimum absolute atomic E-state index is 0.0232. The number of hydrogen-bond donors (Lipinski definition) is 16. The predicted molar refractivity (Wildman–Crippen MR) is 370 cm³/mol. The molecule has 31 nitrogen and oxygen atoms in total. The highest BCUT2D eigenvalue weighted by Crippen LogP contribution is 2.32. The van der Waals surface area contributed by atoms with E-state index in [-0.39, 0.29) is 113 Å². The second-order valence-corrected chi connectivity index (χ2v) is 28.9. The minimum Gasteiger partial charge on any atom is -0.394 e. The van der Waals surface area contributed by atoms with Crippen LogP contribution in [0.4, 0.5) is 0 Å². The lowest BCUT2D eigenvalue weighted by Gasteiger charge is -2.40. The number of aliphatic hydroxyl groups is 12. The molecule has 4 aliphatic rings. The molecule has 23 atom stereocenters. The second kappa shape index (κ2) is 49.9. The number of Topliss-reactive ketones (excluding diaryl/α,β-unsaturated/α-hetero) is 3. The summed E-state index contributed by atoms with van der Waals surface area (Å²) in [5.74, 6) is -5.59. The molecule has 0 aromatic carbocycles. The Labute approximate surface area is 606 Å². The summed E-state index contributed by atoms with van der Waals surface area (Å²) in [5.41, 5.74) is 0. The standard InChI is InChI=1S/C72H128N4O27/c1-42(2)59(86)47(37-51(82)50(76-58(85)28-14-21-35-99-72-46(6)63(90)67(94)55(41-80)103-72)25-10-17-30-74-57(84)27-13-20-34-98-71-45(5)62(89)66(93)54(40-79)102-71)22-8-7-15-31-75-68(95)48(36-49(81)24-11-18-32-96-69-43(3)60(87)64(91)52(38-77)100-69)23-9-16-29-73-56(83)26-12-19-33-97-70-44(4)61(88)65(92)53(39-78)101-70/h42-48,50,52-55,60-67,69-72,77-80,87-94H,7-41H2,1-6H3,(H,73,83)(H,74,84)(H,75,95)(H,76,85)/t43?,44?,45?,46?,47?,48?,50?,52?,53?,54?,55?,60-,61-,62-,63-,64+,65+,66+,67+,69-,70-,71-,72-/m1/s1. The molecule has 0 aromatic rings. The number of aliphatic hydroxyl groups excluding tert-OH is 12. The summed E-state index contributed by atoms with van der Waals surface area (Å²) in [6.45, 7) is 9.86. The first kappa shape index (κ1) is 91.5. The van der Waals surface area contributed by atoms with Crippen LogP contribution in [-0.4, -0.2) is 279 Å². The first-order valence-electron chi connectivity index (χ1n) is 37.8. The molecule has 0 bridgehead atoms. The van der Waals surface area contributed by atoms with Crippen LogP contribution in [-0.2, 0) is 71.5 Å². The molecule has 4 heterocycles. The molecular formula is C72H128N4O27. The van der Waals surface area contributed by atoms with Crippen LogP contribution in [0.2, 0.25) is 0 Å². The Morgan fingerprint density at radius 2 is 0.699 bits per heavy atom. The molecule has 31 heteroatoms. The van der Waals surface area contributed by atoms with Crippen LogP contribution in [0, 0.1) is 41.4 Å². The number of rotatable bonds is 53. The topological polar surface area (TPSA) is 484 Å². The maximum absolute atomic E-state index is 14.3. The first-order chi connectivity index (χ1) is 49.2. The van der Waals surface area contributed by atoms with Crippen molar-refractivity contribution in [1.29, 1.82) is 0 Å². The highest BCUT2D eigenvalue weighted by Gasteiger charge is 2.46. The number of nitrogens with one attached hydrogen (secondary N) is 4. The third-order valence-electron chi connectivity index (χ3n) is 20.2. The molecule has 4 fully saturated rings. The van der Waals surface area contributed by atoms with Crippen LogP contribution < -0.4 is 21.3 Å². The Balaban J connectivity index is 1.28. The van der Waals surface area contributed by atoms with Gasteiger partial charge in [-0.2, -0.15) is 0 Å². The van der Waals surface area contributed by atoms with E-state index in [1.165, 1.54) is 0 Å². The van der Waals surface area contributed by atoms with Gasteiger partial charge in [-0.1, -0.05) is 60.8 Å². The molecule has 16 N–H and O–H groups in total. The highest BCUT2D eigenvalue weighted by atomic mass is 16.7. The monoisotopic (exact) mass is 1480 g/mol. The van der Waals surface area contributed by atoms with Crippen molar-refractivity contribution in [3.05, 3.63) is 0 Å². The predicted octanol–water partition coefficient (Wildman–Crippen LogP) is 0.145. The third-order valence-corrected chi connectivity index (χ3v) is 20.2. The zero-order chi connectivity index (χ0) is 76.1. The average molecular weight is 1480 g/mol. The van der Waals surface area contributed by atoms with E-state index in [4.69, 9.17) is 37.9 Å². The number of ether oxygens (including phenoxy) is 8. The van der Waals surface area contributed by atoms with Gasteiger partial charge in [0.1, 0.15) is 60.4 Å². The fourth-order valence-electron chi connectivity index (χ4n) is 13.2. The van der Waals surface area contributed by atoms with Gasteiger partial charge < -0.3 is 120 Å². The van der Waals surface area contributed by atoms with Crippen molar-refractivity contribution >= 4 is 41.0 Å². The van der Waals surface area contributed by atoms with E-state index in [1.807, 2.05) is 0 Å². The molecule has 598 valence electrons. The first-order valence-corrected chi connectivity index (χ1v) is 37.8. The second-order valence-electron chi connectivity index (χ2n) is 28.9. The molecule has 11 unspecified atom stereocenters. The van der Waals surface area contributed by atoms with Gasteiger partial charge in [0, 0.05) is 126 Å². The van der Waals surface area contributed by atoms with Crippen LogP contribution in [0.1, 0.15) is 196 Å². The number of unbranched alkanes of at least 4 members (excludes halogenated alkanes) is 8. The summed E-state index contributed by atoms with van der Waals surface area (Å²) in [6, 6.07) is -0.941. The number of carbonyl (C=O) groups excluding carboxylic acids is 7. The van der Waals surface area contributed by atoms with Crippen molar-refractivity contribution in [2.24, 2.45) is 41.4 Å². The molecule has 103 heavy (non-hydrogen) atoms. The van der Waals surface area contributed by atoms with Crippen LogP contribution in [0.3, 0.4) is 0 Å². The van der Waals surface area contributed by atoms with Gasteiger partial charge in [0.05, 0.1) is 56.9 Å². The van der Waals surface area contributed by atoms with Gasteiger partial charge in [-0.25, -0.2) is 0 Å². The summed E-state index contributed by atoms with van der Waals surface area (Å²) in [4.78, 5) is 94.5. The summed E-state index contributed by atoms with van der Waals surface area (Å²) >= 11 is 0. The average Bonchev–Trinajstić information content (AvgIpc) is 0.839. The molecule has 4 aliphatic heterocycles. The third kappa shape index (κ3) is 31.7. The maximum Gasteiger partial charge on any atom is 0.223 e. The van der Waals surface area contributed by atoms with Crippen molar-refractivity contribution in [2.75, 3.05) is 72.5 Å². The van der Waals surface area contributed by atoms with E-state index in [2.05, 4.69) is 21.3 Å². The van der Waals surface area contributed by atoms with Crippen molar-refractivity contribution in [1.82, 2.24) is 21.3 Å². The quantitative estimate of drug-likeness (QED) is 0.0360. The van der Waals surface area contributed by atoms with E-state index in [1.54, 1.807) is 41.5 Å². The molecule has 0 aromatic heterocycles. The van der Waals surface area contributed by atoms with E-state index in [9.17, 15) is 94.8 Å². The summed E-state index contributed by atoms with van der Waals surface area (Å²) in [7, 11) is 0. The van der Waals surface area contributed by atoms with E-state index >= 15 is 0 Å². The molecule has 4 rings (SSSR count). The van der Waals surface area contributed by atoms with E-state index < -0.39 is 178 Å². The smallest absolute Gasteiger partial charge is 0.223 e. The Morgan fingerprint density at radius 1 is 0.369 bits per heavy atom. The number of hydrogen-bond acceptors (Lipinski definition) is 27. The van der Waals surface area contributed by atoms with Crippen LogP contribution in [0.15, 0.2) is 0 Å². The normalized spacial score (nSPS) is 30.5. The lowest BCUT2D eigenvalue weighted by molar-refractivity contribution is -0.282. The van der Waals surface area contributed by atoms with Gasteiger partial charge in [0.15, 0.2) is 30.9 Å². The molecular weight excluding hydrogens is 1350 g/mol. The van der Waals surface area contributed by atoms with Gasteiger partial charge in [0.2, 0.25) is 23.6 Å². The Hall–Kier alpha value is -3.91. The van der Waals surface area contributed by atoms with E-state index in [0.29, 0.717) is 122 Å². The van der Waals surface area contributed by atoms with Gasteiger partial charge in [-0.3, -0.25) is 33.6 Å². The largest absolute Gasteiger partial charge is 0.394 e. The molecule has 0 saturated carbocycles. The van der Waals surface area contributed by atoms with Gasteiger partial charge >= 0.3 is 0 Å². The van der Waals surface area contributed by atoms with Crippen molar-refractivity contribution < 1.29 is 133 Å². The van der Waals surface area contributed by atoms with Gasteiger partial charge in [-0.05, 0) is 96.3 Å². The minimum atomic E-state index is -1.28. The summed E-state index contributed by atoms with van der Waals surface area (Å²) in [5, 5.41) is 132. The fourth-order valence-corrected chi connectivity index (χ4v) is 13.2. The molecule has 0 radical (unpaired) electrons. The molecule has 0 aliphatic carbocycles. The van der Waals surface area contributed by atoms with E-state index in [0.717, 1.165) is 0 Å². The van der Waals surface area contributed by atoms with Crippen molar-refractivity contribution in [2.45, 2.75) is 300 Å². The van der Waals surface area contributed by atoms with Crippen LogP contribution in [0.5, 0.6) is 0 Å². The maximum atomic E-state index is 14.3. The van der Waals surface area contributed by atoms with Gasteiger partial charge in [0.25, 0.3) is 0 Å². The fraction of sp³-hybridized carbons (Fsp3) is 0.903. The van der Waals surface area contributed by atoms with Gasteiger partial charge in [-0.15, -0.1) is 0 Å². The summed E-state index contributed by atoms with van der Waals surface area (Å²) in [6.07, 6.45) is -8.34. The molecule has 0 spiro atoms. The zero-order valence-corrected chi connectivity index (χ0v) is 61.6. The molecule has 4 saturated heterocycles.